The topological polar surface area (TPSA) is 290 Å². The Morgan fingerprint density at radius 2 is 1.39 bits per heavy atom. The van der Waals surface area contributed by atoms with Crippen LogP contribution in [0.5, 0.6) is 0 Å². The smallest absolute Gasteiger partial charge is 0.326 e. The summed E-state index contributed by atoms with van der Waals surface area (Å²) in [4.78, 5) is 87.1. The molecule has 0 saturated carbocycles. The van der Waals surface area contributed by atoms with Crippen LogP contribution in [-0.2, 0) is 40.0 Å². The third-order valence-electron chi connectivity index (χ3n) is 6.07. The molecular weight excluding hydrogens is 542 g/mol. The molecule has 12 N–H and O–H groups in total. The molecule has 0 aliphatic heterocycles. The molecule has 16 nitrogen and oxygen atoms in total. The number of primary amides is 2. The Labute approximate surface area is 233 Å². The van der Waals surface area contributed by atoms with E-state index in [0.29, 0.717) is 5.56 Å². The lowest BCUT2D eigenvalue weighted by molar-refractivity contribution is -0.144. The summed E-state index contributed by atoms with van der Waals surface area (Å²) in [7, 11) is 0. The van der Waals surface area contributed by atoms with E-state index in [2.05, 4.69) is 20.9 Å². The molecular formula is C25H33N7O9. The number of hydrogen-bond donors (Lipinski definition) is 9. The SMILES string of the molecule is NC(=O)CCC(NC(=O)C(Cc1c[nH]c2ccccc12)NC(=O)C(N)CCC(=O)O)C(=O)NC(CC(N)=O)C(=O)O. The van der Waals surface area contributed by atoms with Crippen LogP contribution >= 0.6 is 0 Å². The van der Waals surface area contributed by atoms with Crippen LogP contribution < -0.4 is 33.2 Å². The van der Waals surface area contributed by atoms with E-state index in [9.17, 15) is 38.7 Å². The van der Waals surface area contributed by atoms with Crippen LogP contribution in [0.25, 0.3) is 10.9 Å². The van der Waals surface area contributed by atoms with E-state index in [4.69, 9.17) is 22.3 Å². The maximum absolute atomic E-state index is 13.4. The lowest BCUT2D eigenvalue weighted by Crippen LogP contribution is -2.58. The van der Waals surface area contributed by atoms with Crippen LogP contribution in [0.15, 0.2) is 30.5 Å². The highest BCUT2D eigenvalue weighted by Crippen LogP contribution is 2.19. The van der Waals surface area contributed by atoms with Gasteiger partial charge in [-0.3, -0.25) is 28.8 Å². The first-order valence-electron chi connectivity index (χ1n) is 12.5. The van der Waals surface area contributed by atoms with E-state index in [1.54, 1.807) is 30.5 Å². The predicted molar refractivity (Wildman–Crippen MR) is 143 cm³/mol. The second kappa shape index (κ2) is 15.0. The lowest BCUT2D eigenvalue weighted by Gasteiger charge is -2.25. The molecule has 0 aliphatic rings. The maximum Gasteiger partial charge on any atom is 0.326 e. The molecule has 4 unspecified atom stereocenters. The van der Waals surface area contributed by atoms with Crippen LogP contribution in [0.2, 0.25) is 0 Å². The number of amides is 5. The van der Waals surface area contributed by atoms with E-state index in [1.807, 2.05) is 0 Å². The van der Waals surface area contributed by atoms with Gasteiger partial charge in [-0.05, 0) is 24.5 Å². The zero-order valence-electron chi connectivity index (χ0n) is 21.9. The highest BCUT2D eigenvalue weighted by atomic mass is 16.4. The molecule has 41 heavy (non-hydrogen) atoms. The molecule has 0 aliphatic carbocycles. The van der Waals surface area contributed by atoms with E-state index in [0.717, 1.165) is 10.9 Å². The second-order valence-corrected chi connectivity index (χ2v) is 9.30. The van der Waals surface area contributed by atoms with Gasteiger partial charge in [-0.25, -0.2) is 4.79 Å². The third kappa shape index (κ3) is 10.2. The first-order chi connectivity index (χ1) is 19.3. The number of aromatic nitrogens is 1. The Hall–Kier alpha value is -4.99. The lowest BCUT2D eigenvalue weighted by atomic mass is 10.0. The molecule has 2 rings (SSSR count). The van der Waals surface area contributed by atoms with Gasteiger partial charge in [0.25, 0.3) is 0 Å². The number of carbonyl (C=O) groups is 7. The van der Waals surface area contributed by atoms with Gasteiger partial charge in [-0.1, -0.05) is 18.2 Å². The van der Waals surface area contributed by atoms with Crippen molar-refractivity contribution >= 4 is 52.4 Å². The van der Waals surface area contributed by atoms with Crippen molar-refractivity contribution in [2.24, 2.45) is 17.2 Å². The standard InChI is InChI=1S/C25H33N7O9/c26-14(5-8-21(35)36)22(37)31-17(9-12-11-29-15-4-2-1-3-13(12)15)24(39)30-16(6-7-19(27)33)23(38)32-18(25(40)41)10-20(28)34/h1-4,11,14,16-18,29H,5-10,26H2,(H2,27,33)(H2,28,34)(H,30,39)(H,31,37)(H,32,38)(H,35,36)(H,40,41). The Kier molecular flexibility index (Phi) is 11.8. The molecule has 1 aromatic carbocycles. The van der Waals surface area contributed by atoms with Gasteiger partial charge in [-0.15, -0.1) is 0 Å². The first-order valence-corrected chi connectivity index (χ1v) is 12.5. The number of benzene rings is 1. The van der Waals surface area contributed by atoms with Gasteiger partial charge in [-0.2, -0.15) is 0 Å². The fourth-order valence-corrected chi connectivity index (χ4v) is 3.92. The van der Waals surface area contributed by atoms with Crippen molar-refractivity contribution < 1.29 is 43.8 Å². The molecule has 16 heteroatoms. The average molecular weight is 576 g/mol. The summed E-state index contributed by atoms with van der Waals surface area (Å²) < 4.78 is 0. The zero-order valence-corrected chi connectivity index (χ0v) is 21.9. The number of hydrogen-bond acceptors (Lipinski definition) is 8. The summed E-state index contributed by atoms with van der Waals surface area (Å²) in [6.07, 6.45) is -0.489. The monoisotopic (exact) mass is 575 g/mol. The quantitative estimate of drug-likeness (QED) is 0.0961. The number of para-hydroxylation sites is 1. The summed E-state index contributed by atoms with van der Waals surface area (Å²) in [6, 6.07) is 1.35. The number of fused-ring (bicyclic) bond motifs is 1. The van der Waals surface area contributed by atoms with E-state index < -0.39 is 72.1 Å². The van der Waals surface area contributed by atoms with Crippen LogP contribution in [0.1, 0.15) is 37.7 Å². The number of H-pyrrole nitrogens is 1. The highest BCUT2D eigenvalue weighted by Gasteiger charge is 2.31. The fourth-order valence-electron chi connectivity index (χ4n) is 3.92. The van der Waals surface area contributed by atoms with Gasteiger partial charge in [0.2, 0.25) is 29.5 Å². The molecule has 1 aromatic heterocycles. The molecule has 0 saturated heterocycles. The number of nitrogens with one attached hydrogen (secondary N) is 4. The van der Waals surface area contributed by atoms with Crippen molar-refractivity contribution in [1.29, 1.82) is 0 Å². The minimum absolute atomic E-state index is 0.0865. The van der Waals surface area contributed by atoms with E-state index in [1.165, 1.54) is 0 Å². The minimum atomic E-state index is -1.71. The summed E-state index contributed by atoms with van der Waals surface area (Å²) in [5, 5.41) is 25.9. The maximum atomic E-state index is 13.4. The fraction of sp³-hybridized carbons (Fsp3) is 0.400. The number of carbonyl (C=O) groups excluding carboxylic acids is 5. The van der Waals surface area contributed by atoms with Crippen molar-refractivity contribution in [3.63, 3.8) is 0 Å². The number of aromatic amines is 1. The van der Waals surface area contributed by atoms with Crippen LogP contribution in [0.3, 0.4) is 0 Å². The zero-order chi connectivity index (χ0) is 30.7. The van der Waals surface area contributed by atoms with Gasteiger partial charge < -0.3 is 48.3 Å². The van der Waals surface area contributed by atoms with Gasteiger partial charge in [0.05, 0.1) is 12.5 Å². The first kappa shape index (κ1) is 32.2. The molecule has 5 amide bonds. The minimum Gasteiger partial charge on any atom is -0.481 e. The molecule has 2 aromatic rings. The van der Waals surface area contributed by atoms with Crippen molar-refractivity contribution in [3.8, 4) is 0 Å². The van der Waals surface area contributed by atoms with Gasteiger partial charge in [0.15, 0.2) is 0 Å². The summed E-state index contributed by atoms with van der Waals surface area (Å²) in [5.74, 6) is -7.29. The second-order valence-electron chi connectivity index (χ2n) is 9.30. The number of aliphatic carboxylic acids is 2. The van der Waals surface area contributed by atoms with E-state index >= 15 is 0 Å². The van der Waals surface area contributed by atoms with Crippen LogP contribution in [0.4, 0.5) is 0 Å². The average Bonchev–Trinajstić information content (AvgIpc) is 3.30. The molecule has 222 valence electrons. The largest absolute Gasteiger partial charge is 0.481 e. The molecule has 0 radical (unpaired) electrons. The Morgan fingerprint density at radius 3 is 2.00 bits per heavy atom. The predicted octanol–water partition coefficient (Wildman–Crippen LogP) is -2.42. The number of rotatable bonds is 17. The Balaban J connectivity index is 2.32. The van der Waals surface area contributed by atoms with E-state index in [-0.39, 0.29) is 32.1 Å². The van der Waals surface area contributed by atoms with Gasteiger partial charge >= 0.3 is 11.9 Å². The summed E-state index contributed by atoms with van der Waals surface area (Å²) in [5.41, 5.74) is 17.4. The Morgan fingerprint density at radius 1 is 0.780 bits per heavy atom. The van der Waals surface area contributed by atoms with Crippen molar-refractivity contribution in [1.82, 2.24) is 20.9 Å². The third-order valence-corrected chi connectivity index (χ3v) is 6.07. The van der Waals surface area contributed by atoms with Crippen molar-refractivity contribution in [2.75, 3.05) is 0 Å². The molecule has 0 spiro atoms. The summed E-state index contributed by atoms with van der Waals surface area (Å²) >= 11 is 0. The number of carboxylic acid groups (broad SMARTS) is 2. The molecule has 1 heterocycles. The molecule has 0 fully saturated rings. The Bertz CT molecular complexity index is 1310. The highest BCUT2D eigenvalue weighted by molar-refractivity contribution is 5.95. The van der Waals surface area contributed by atoms with Crippen molar-refractivity contribution in [3.05, 3.63) is 36.0 Å². The number of carboxylic acids is 2. The van der Waals surface area contributed by atoms with Gasteiger partial charge in [0, 0.05) is 36.4 Å². The van der Waals surface area contributed by atoms with Crippen molar-refractivity contribution in [2.45, 2.75) is 62.7 Å². The normalized spacial score (nSPS) is 13.8. The molecule has 0 bridgehead atoms. The number of nitrogens with two attached hydrogens (primary N) is 3. The molecule has 4 atom stereocenters. The summed E-state index contributed by atoms with van der Waals surface area (Å²) in [6.45, 7) is 0. The van der Waals surface area contributed by atoms with Crippen LogP contribution in [0, 0.1) is 0 Å². The van der Waals surface area contributed by atoms with Crippen LogP contribution in [-0.4, -0.2) is 80.8 Å². The van der Waals surface area contributed by atoms with Gasteiger partial charge in [0.1, 0.15) is 18.1 Å².